The van der Waals surface area contributed by atoms with Gasteiger partial charge in [0.1, 0.15) is 6.10 Å². The molecule has 6 nitrogen and oxygen atoms in total. The number of ether oxygens (including phenoxy) is 1. The largest absolute Gasteiger partial charge is 0.469 e. The molecule has 0 heterocycles. The van der Waals surface area contributed by atoms with Gasteiger partial charge in [-0.1, -0.05) is 0 Å². The number of aliphatic hydroxyl groups excluding tert-OH is 1. The van der Waals surface area contributed by atoms with Crippen molar-refractivity contribution in [2.45, 2.75) is 6.10 Å². The summed E-state index contributed by atoms with van der Waals surface area (Å²) in [5, 5.41) is 8.82. The summed E-state index contributed by atoms with van der Waals surface area (Å²) in [7, 11) is -3.10. The lowest BCUT2D eigenvalue weighted by atomic mass is 10.4. The minimum absolute atomic E-state index is 0.0139. The third kappa shape index (κ3) is 7.93. The van der Waals surface area contributed by atoms with Gasteiger partial charge in [0.2, 0.25) is 0 Å². The highest BCUT2D eigenvalue weighted by molar-refractivity contribution is 7.46. The smallest absolute Gasteiger partial charge is 0.388 e. The van der Waals surface area contributed by atoms with Crippen LogP contribution in [0.3, 0.4) is 0 Å². The Morgan fingerprint density at radius 3 is 2.36 bits per heavy atom. The van der Waals surface area contributed by atoms with Crippen LogP contribution < -0.4 is 0 Å². The molecule has 0 saturated carbocycles. The van der Waals surface area contributed by atoms with Crippen molar-refractivity contribution in [1.82, 2.24) is 0 Å². The molecule has 0 aliphatic carbocycles. The molecule has 0 aromatic heterocycles. The van der Waals surface area contributed by atoms with Gasteiger partial charge < -0.3 is 19.6 Å². The van der Waals surface area contributed by atoms with Crippen LogP contribution in [-0.2, 0) is 13.8 Å². The van der Waals surface area contributed by atoms with E-state index in [1.807, 2.05) is 0 Å². The predicted octanol–water partition coefficient (Wildman–Crippen LogP) is -0.897. The summed E-state index contributed by atoms with van der Waals surface area (Å²) in [6, 6.07) is 0. The molecule has 1 unspecified atom stereocenters. The van der Waals surface area contributed by atoms with Gasteiger partial charge in [-0.15, -0.1) is 0 Å². The molecule has 0 saturated heterocycles. The fourth-order valence-electron chi connectivity index (χ4n) is 0.424. The lowest BCUT2D eigenvalue weighted by molar-refractivity contribution is 0.0238. The Balaban J connectivity index is 3.46. The summed E-state index contributed by atoms with van der Waals surface area (Å²) >= 11 is 0. The van der Waals surface area contributed by atoms with Crippen LogP contribution in [0.5, 0.6) is 0 Å². The fourth-order valence-corrected chi connectivity index (χ4v) is 0.790. The van der Waals surface area contributed by atoms with E-state index in [2.05, 4.69) is 9.26 Å². The number of methoxy groups -OCH3 is 1. The molecule has 0 amide bonds. The van der Waals surface area contributed by atoms with Crippen molar-refractivity contribution in [1.29, 1.82) is 0 Å². The minimum Gasteiger partial charge on any atom is -0.388 e. The average Bonchev–Trinajstić information content (AvgIpc) is 1.83. The molecule has 0 fully saturated rings. The molecule has 11 heavy (non-hydrogen) atoms. The second kappa shape index (κ2) is 4.82. The van der Waals surface area contributed by atoms with Crippen molar-refractivity contribution in [2.24, 2.45) is 0 Å². The van der Waals surface area contributed by atoms with Crippen molar-refractivity contribution >= 4 is 7.82 Å². The van der Waals surface area contributed by atoms with Gasteiger partial charge in [-0.25, -0.2) is 4.57 Å². The molecular weight excluding hydrogens is 175 g/mol. The van der Waals surface area contributed by atoms with E-state index < -0.39 is 20.5 Å². The summed E-state index contributed by atoms with van der Waals surface area (Å²) in [6.45, 7) is -0.446. The Kier molecular flexibility index (Phi) is 4.83. The normalized spacial score (nSPS) is 14.9. The van der Waals surface area contributed by atoms with Gasteiger partial charge in [0.05, 0.1) is 13.2 Å². The summed E-state index contributed by atoms with van der Waals surface area (Å²) in [5.74, 6) is 0. The fraction of sp³-hybridized carbons (Fsp3) is 1.00. The maximum atomic E-state index is 10.1. The first kappa shape index (κ1) is 11.0. The van der Waals surface area contributed by atoms with Gasteiger partial charge in [-0.2, -0.15) is 0 Å². The van der Waals surface area contributed by atoms with Crippen molar-refractivity contribution in [3.05, 3.63) is 0 Å². The number of rotatable bonds is 5. The van der Waals surface area contributed by atoms with Crippen molar-refractivity contribution in [3.63, 3.8) is 0 Å². The summed E-state index contributed by atoms with van der Waals surface area (Å²) < 4.78 is 18.5. The third-order valence-electron chi connectivity index (χ3n) is 0.794. The maximum Gasteiger partial charge on any atom is 0.469 e. The van der Waals surface area contributed by atoms with Crippen LogP contribution in [0.4, 0.5) is 0 Å². The van der Waals surface area contributed by atoms with Gasteiger partial charge in [0, 0.05) is 7.11 Å². The standard InChI is InChI=1S/C4H11O6P/c1-9-2-4(5)3-10-11(6,7)8/h4-5H,2-3H2,1H3,(H2,6,7,8). The molecular formula is C4H11O6P. The van der Waals surface area contributed by atoms with Crippen LogP contribution in [0.15, 0.2) is 0 Å². The molecule has 0 aliphatic rings. The molecule has 1 atom stereocenters. The SMILES string of the molecule is COCC(O)COP(=O)(O)O. The third-order valence-corrected chi connectivity index (χ3v) is 1.28. The summed E-state index contributed by atoms with van der Waals surface area (Å²) in [6.07, 6.45) is -1.01. The van der Waals surface area contributed by atoms with Crippen LogP contribution in [-0.4, -0.2) is 41.3 Å². The van der Waals surface area contributed by atoms with E-state index in [9.17, 15) is 4.57 Å². The lowest BCUT2D eigenvalue weighted by Gasteiger charge is -2.09. The van der Waals surface area contributed by atoms with Crippen LogP contribution in [0.25, 0.3) is 0 Å². The van der Waals surface area contributed by atoms with Gasteiger partial charge in [0.15, 0.2) is 0 Å². The number of hydrogen-bond donors (Lipinski definition) is 3. The van der Waals surface area contributed by atoms with Crippen LogP contribution in [0, 0.1) is 0 Å². The molecule has 0 aliphatic heterocycles. The molecule has 0 rings (SSSR count). The Labute approximate surface area is 64.0 Å². The highest BCUT2D eigenvalue weighted by atomic mass is 31.2. The quantitative estimate of drug-likeness (QED) is 0.481. The molecule has 0 aromatic carbocycles. The zero-order chi connectivity index (χ0) is 8.91. The van der Waals surface area contributed by atoms with Crippen molar-refractivity contribution < 1.29 is 28.7 Å². The van der Waals surface area contributed by atoms with E-state index >= 15 is 0 Å². The second-order valence-electron chi connectivity index (χ2n) is 1.90. The first-order chi connectivity index (χ1) is 4.95. The van der Waals surface area contributed by atoms with Gasteiger partial charge in [-0.3, -0.25) is 4.52 Å². The lowest BCUT2D eigenvalue weighted by Crippen LogP contribution is -2.19. The number of aliphatic hydroxyl groups is 1. The van der Waals surface area contributed by atoms with E-state index in [0.29, 0.717) is 0 Å². The number of hydrogen-bond acceptors (Lipinski definition) is 4. The Morgan fingerprint density at radius 1 is 1.45 bits per heavy atom. The van der Waals surface area contributed by atoms with Crippen LogP contribution in [0.1, 0.15) is 0 Å². The molecule has 0 radical (unpaired) electrons. The van der Waals surface area contributed by atoms with E-state index in [1.165, 1.54) is 7.11 Å². The van der Waals surface area contributed by atoms with E-state index in [4.69, 9.17) is 14.9 Å². The number of phosphoric ester groups is 1. The zero-order valence-electron chi connectivity index (χ0n) is 6.01. The highest BCUT2D eigenvalue weighted by Gasteiger charge is 2.16. The molecule has 0 bridgehead atoms. The first-order valence-corrected chi connectivity index (χ1v) is 4.36. The summed E-state index contributed by atoms with van der Waals surface area (Å²) in [5.41, 5.74) is 0. The second-order valence-corrected chi connectivity index (χ2v) is 3.13. The topological polar surface area (TPSA) is 96.2 Å². The zero-order valence-corrected chi connectivity index (χ0v) is 6.90. The molecule has 68 valence electrons. The van der Waals surface area contributed by atoms with Gasteiger partial charge in [-0.05, 0) is 0 Å². The maximum absolute atomic E-state index is 10.1. The molecule has 0 aromatic rings. The minimum atomic E-state index is -4.46. The van der Waals surface area contributed by atoms with E-state index in [0.717, 1.165) is 0 Å². The molecule has 0 spiro atoms. The van der Waals surface area contributed by atoms with Crippen molar-refractivity contribution in [2.75, 3.05) is 20.3 Å². The summed E-state index contributed by atoms with van der Waals surface area (Å²) in [4.78, 5) is 16.3. The Bertz CT molecular complexity index is 142. The highest BCUT2D eigenvalue weighted by Crippen LogP contribution is 2.35. The van der Waals surface area contributed by atoms with Gasteiger partial charge in [0.25, 0.3) is 0 Å². The average molecular weight is 186 g/mol. The number of phosphoric acid groups is 1. The van der Waals surface area contributed by atoms with Crippen molar-refractivity contribution in [3.8, 4) is 0 Å². The monoisotopic (exact) mass is 186 g/mol. The Hall–Kier alpha value is 0.0300. The Morgan fingerprint density at radius 2 is 2.00 bits per heavy atom. The predicted molar refractivity (Wildman–Crippen MR) is 35.9 cm³/mol. The van der Waals surface area contributed by atoms with Gasteiger partial charge >= 0.3 is 7.82 Å². The van der Waals surface area contributed by atoms with Crippen LogP contribution >= 0.6 is 7.82 Å². The molecule has 7 heteroatoms. The van der Waals surface area contributed by atoms with E-state index in [1.54, 1.807) is 0 Å². The van der Waals surface area contributed by atoms with E-state index in [-0.39, 0.29) is 6.61 Å². The molecule has 3 N–H and O–H groups in total. The first-order valence-electron chi connectivity index (χ1n) is 2.83. The van der Waals surface area contributed by atoms with Crippen LogP contribution in [0.2, 0.25) is 0 Å².